The number of benzene rings is 1. The third-order valence-electron chi connectivity index (χ3n) is 2.69. The summed E-state index contributed by atoms with van der Waals surface area (Å²) in [6.45, 7) is 1.42. The van der Waals surface area contributed by atoms with Gasteiger partial charge in [-0.1, -0.05) is 28.1 Å². The normalized spacial score (nSPS) is 12.1. The molecule has 0 radical (unpaired) electrons. The van der Waals surface area contributed by atoms with Crippen molar-refractivity contribution in [2.45, 2.75) is 13.0 Å². The fourth-order valence-corrected chi connectivity index (χ4v) is 1.85. The summed E-state index contributed by atoms with van der Waals surface area (Å²) in [5.74, 6) is -1.09. The molecule has 0 saturated carbocycles. The summed E-state index contributed by atoms with van der Waals surface area (Å²) in [6, 6.07) is 9.29. The van der Waals surface area contributed by atoms with E-state index in [-0.39, 0.29) is 0 Å². The lowest BCUT2D eigenvalue weighted by Gasteiger charge is -2.10. The van der Waals surface area contributed by atoms with Gasteiger partial charge in [-0.15, -0.1) is 0 Å². The van der Waals surface area contributed by atoms with Crippen LogP contribution < -0.4 is 5.56 Å². The van der Waals surface area contributed by atoms with Gasteiger partial charge in [0, 0.05) is 16.1 Å². The highest BCUT2D eigenvalue weighted by Crippen LogP contribution is 2.19. The first kappa shape index (κ1) is 13.5. The van der Waals surface area contributed by atoms with Gasteiger partial charge in [-0.05, 0) is 25.1 Å². The van der Waals surface area contributed by atoms with Crippen molar-refractivity contribution < 1.29 is 9.90 Å². The molecule has 1 aromatic heterocycles. The molecule has 0 spiro atoms. The number of hydrogen-bond donors (Lipinski definition) is 1. The van der Waals surface area contributed by atoms with Crippen LogP contribution in [0.2, 0.25) is 0 Å². The van der Waals surface area contributed by atoms with Crippen molar-refractivity contribution in [3.8, 4) is 11.3 Å². The summed E-state index contributed by atoms with van der Waals surface area (Å²) < 4.78 is 1.91. The minimum atomic E-state index is -1.09. The van der Waals surface area contributed by atoms with Crippen LogP contribution in [0.3, 0.4) is 0 Å². The molecule has 6 heteroatoms. The Morgan fingerprint density at radius 2 is 1.89 bits per heavy atom. The van der Waals surface area contributed by atoms with E-state index in [0.29, 0.717) is 5.69 Å². The topological polar surface area (TPSA) is 72.2 Å². The maximum atomic E-state index is 11.6. The van der Waals surface area contributed by atoms with Crippen molar-refractivity contribution in [1.29, 1.82) is 0 Å². The van der Waals surface area contributed by atoms with Crippen LogP contribution in [-0.4, -0.2) is 20.9 Å². The Hall–Kier alpha value is -1.95. The second-order valence-corrected chi connectivity index (χ2v) is 4.94. The standard InChI is InChI=1S/C13H11BrN2O3/c1-8(13(18)19)16-12(17)7-6-11(15-16)9-2-4-10(14)5-3-9/h2-8H,1H3,(H,18,19). The molecule has 0 fully saturated rings. The van der Waals surface area contributed by atoms with Crippen LogP contribution in [0, 0.1) is 0 Å². The molecular weight excluding hydrogens is 312 g/mol. The third kappa shape index (κ3) is 2.90. The highest BCUT2D eigenvalue weighted by Gasteiger charge is 2.16. The van der Waals surface area contributed by atoms with Crippen molar-refractivity contribution in [2.75, 3.05) is 0 Å². The maximum Gasteiger partial charge on any atom is 0.328 e. The number of halogens is 1. The Balaban J connectivity index is 2.49. The van der Waals surface area contributed by atoms with Gasteiger partial charge in [0.2, 0.25) is 0 Å². The molecule has 1 atom stereocenters. The van der Waals surface area contributed by atoms with E-state index in [9.17, 15) is 9.59 Å². The SMILES string of the molecule is CC(C(=O)O)n1nc(-c2ccc(Br)cc2)ccc1=O. The van der Waals surface area contributed by atoms with E-state index in [1.807, 2.05) is 24.3 Å². The van der Waals surface area contributed by atoms with Gasteiger partial charge in [0.15, 0.2) is 6.04 Å². The summed E-state index contributed by atoms with van der Waals surface area (Å²) >= 11 is 3.33. The first-order chi connectivity index (χ1) is 8.99. The molecule has 98 valence electrons. The summed E-state index contributed by atoms with van der Waals surface area (Å²) in [6.07, 6.45) is 0. The Morgan fingerprint density at radius 1 is 1.26 bits per heavy atom. The molecule has 1 N–H and O–H groups in total. The number of nitrogens with zero attached hydrogens (tertiary/aromatic N) is 2. The number of carboxylic acids is 1. The molecule has 1 unspecified atom stereocenters. The number of carboxylic acid groups (broad SMARTS) is 1. The van der Waals surface area contributed by atoms with Crippen LogP contribution in [0.25, 0.3) is 11.3 Å². The van der Waals surface area contributed by atoms with Crippen molar-refractivity contribution in [3.05, 3.63) is 51.2 Å². The van der Waals surface area contributed by atoms with Gasteiger partial charge in [0.25, 0.3) is 5.56 Å². The summed E-state index contributed by atoms with van der Waals surface area (Å²) in [5, 5.41) is 13.1. The molecule has 0 bridgehead atoms. The molecule has 0 aliphatic carbocycles. The van der Waals surface area contributed by atoms with Crippen LogP contribution in [0.1, 0.15) is 13.0 Å². The van der Waals surface area contributed by atoms with Gasteiger partial charge in [-0.2, -0.15) is 5.10 Å². The molecule has 0 aliphatic heterocycles. The van der Waals surface area contributed by atoms with E-state index < -0.39 is 17.6 Å². The number of carbonyl (C=O) groups is 1. The van der Waals surface area contributed by atoms with Gasteiger partial charge in [0.05, 0.1) is 5.69 Å². The zero-order chi connectivity index (χ0) is 14.0. The van der Waals surface area contributed by atoms with Crippen molar-refractivity contribution in [2.24, 2.45) is 0 Å². The quantitative estimate of drug-likeness (QED) is 0.941. The van der Waals surface area contributed by atoms with Gasteiger partial charge in [0.1, 0.15) is 0 Å². The van der Waals surface area contributed by atoms with Crippen LogP contribution in [-0.2, 0) is 4.79 Å². The van der Waals surface area contributed by atoms with Crippen LogP contribution in [0.15, 0.2) is 45.7 Å². The van der Waals surface area contributed by atoms with Crippen molar-refractivity contribution in [3.63, 3.8) is 0 Å². The van der Waals surface area contributed by atoms with E-state index in [1.165, 1.54) is 13.0 Å². The average molecular weight is 323 g/mol. The summed E-state index contributed by atoms with van der Waals surface area (Å²) in [4.78, 5) is 22.6. The molecule has 0 saturated heterocycles. The molecule has 1 heterocycles. The highest BCUT2D eigenvalue weighted by molar-refractivity contribution is 9.10. The first-order valence-corrected chi connectivity index (χ1v) is 6.37. The molecule has 2 rings (SSSR count). The molecule has 0 aliphatic rings. The second-order valence-electron chi connectivity index (χ2n) is 4.02. The van der Waals surface area contributed by atoms with Crippen LogP contribution >= 0.6 is 15.9 Å². The van der Waals surface area contributed by atoms with Crippen molar-refractivity contribution >= 4 is 21.9 Å². The molecule has 0 amide bonds. The molecule has 1 aromatic carbocycles. The molecule has 19 heavy (non-hydrogen) atoms. The van der Waals surface area contributed by atoms with Crippen molar-refractivity contribution in [1.82, 2.24) is 9.78 Å². The predicted octanol–water partition coefficient (Wildman–Crippen LogP) is 2.32. The molecule has 5 nitrogen and oxygen atoms in total. The smallest absolute Gasteiger partial charge is 0.328 e. The Labute approximate surface area is 117 Å². The zero-order valence-corrected chi connectivity index (χ0v) is 11.7. The fraction of sp³-hybridized carbons (Fsp3) is 0.154. The Kier molecular flexibility index (Phi) is 3.80. The Morgan fingerprint density at radius 3 is 2.47 bits per heavy atom. The average Bonchev–Trinajstić information content (AvgIpc) is 2.39. The largest absolute Gasteiger partial charge is 0.480 e. The molecule has 2 aromatic rings. The van der Waals surface area contributed by atoms with Gasteiger partial charge in [-0.3, -0.25) is 4.79 Å². The van der Waals surface area contributed by atoms with E-state index in [0.717, 1.165) is 14.7 Å². The molecular formula is C13H11BrN2O3. The summed E-state index contributed by atoms with van der Waals surface area (Å²) in [5.41, 5.74) is 0.936. The van der Waals surface area contributed by atoms with E-state index in [2.05, 4.69) is 21.0 Å². The van der Waals surface area contributed by atoms with E-state index in [4.69, 9.17) is 5.11 Å². The minimum Gasteiger partial charge on any atom is -0.480 e. The number of aromatic nitrogens is 2. The lowest BCUT2D eigenvalue weighted by atomic mass is 10.1. The van der Waals surface area contributed by atoms with Gasteiger partial charge in [-0.25, -0.2) is 9.48 Å². The monoisotopic (exact) mass is 322 g/mol. The van der Waals surface area contributed by atoms with Gasteiger partial charge < -0.3 is 5.11 Å². The lowest BCUT2D eigenvalue weighted by molar-refractivity contribution is -0.140. The van der Waals surface area contributed by atoms with Crippen LogP contribution in [0.4, 0.5) is 0 Å². The first-order valence-electron chi connectivity index (χ1n) is 5.57. The maximum absolute atomic E-state index is 11.6. The highest BCUT2D eigenvalue weighted by atomic mass is 79.9. The zero-order valence-electron chi connectivity index (χ0n) is 10.1. The lowest BCUT2D eigenvalue weighted by Crippen LogP contribution is -2.29. The second kappa shape index (κ2) is 5.36. The number of aliphatic carboxylic acids is 1. The fourth-order valence-electron chi connectivity index (χ4n) is 1.58. The third-order valence-corrected chi connectivity index (χ3v) is 3.22. The van der Waals surface area contributed by atoms with E-state index in [1.54, 1.807) is 6.07 Å². The van der Waals surface area contributed by atoms with Gasteiger partial charge >= 0.3 is 5.97 Å². The predicted molar refractivity (Wildman–Crippen MR) is 74.0 cm³/mol. The van der Waals surface area contributed by atoms with Crippen LogP contribution in [0.5, 0.6) is 0 Å². The van der Waals surface area contributed by atoms with E-state index >= 15 is 0 Å². The summed E-state index contributed by atoms with van der Waals surface area (Å²) in [7, 11) is 0. The number of rotatable bonds is 3. The number of hydrogen-bond acceptors (Lipinski definition) is 3. The Bertz CT molecular complexity index is 664. The minimum absolute atomic E-state index is 0.434.